The first-order valence-corrected chi connectivity index (χ1v) is 9.39. The summed E-state index contributed by atoms with van der Waals surface area (Å²) >= 11 is 0. The molecule has 0 bridgehead atoms. The lowest BCUT2D eigenvalue weighted by atomic mass is 10.1. The molecule has 0 aromatic heterocycles. The molecule has 0 heterocycles. The summed E-state index contributed by atoms with van der Waals surface area (Å²) in [6.45, 7) is 2.64. The second-order valence-corrected chi connectivity index (χ2v) is 6.89. The zero-order valence-electron chi connectivity index (χ0n) is 13.3. The summed E-state index contributed by atoms with van der Waals surface area (Å²) < 4.78 is 37.2. The van der Waals surface area contributed by atoms with Crippen LogP contribution in [0.5, 0.6) is 5.75 Å². The van der Waals surface area contributed by atoms with E-state index in [2.05, 4.69) is 6.92 Å². The molecule has 0 aliphatic carbocycles. The third-order valence-electron chi connectivity index (χ3n) is 3.50. The molecule has 0 spiro atoms. The Balaban J connectivity index is 2.31. The standard InChI is InChI=1S/C16H27NO4S/c1-2-3-4-5-6-7-8-9-12-21-15-11-10-14(17)13-16(15)22(18,19)20/h10-11,13H,2-9,12,17H2,1H3,(H,18,19,20). The van der Waals surface area contributed by atoms with Crippen LogP contribution in [-0.4, -0.2) is 19.6 Å². The molecule has 0 saturated heterocycles. The van der Waals surface area contributed by atoms with Crippen molar-refractivity contribution in [3.63, 3.8) is 0 Å². The van der Waals surface area contributed by atoms with Gasteiger partial charge in [-0.1, -0.05) is 51.9 Å². The van der Waals surface area contributed by atoms with Gasteiger partial charge in [0.1, 0.15) is 10.6 Å². The highest BCUT2D eigenvalue weighted by Gasteiger charge is 2.17. The Morgan fingerprint density at radius 2 is 1.64 bits per heavy atom. The molecule has 0 aliphatic rings. The maximum Gasteiger partial charge on any atom is 0.298 e. The van der Waals surface area contributed by atoms with E-state index < -0.39 is 10.1 Å². The first-order chi connectivity index (χ1) is 10.4. The van der Waals surface area contributed by atoms with E-state index in [0.29, 0.717) is 6.61 Å². The molecule has 22 heavy (non-hydrogen) atoms. The predicted octanol–water partition coefficient (Wildman–Crippen LogP) is 4.04. The van der Waals surface area contributed by atoms with E-state index in [0.717, 1.165) is 12.8 Å². The van der Waals surface area contributed by atoms with Crippen molar-refractivity contribution in [2.75, 3.05) is 12.3 Å². The lowest BCUT2D eigenvalue weighted by Gasteiger charge is -2.10. The van der Waals surface area contributed by atoms with Crippen molar-refractivity contribution in [2.24, 2.45) is 0 Å². The van der Waals surface area contributed by atoms with Crippen LogP contribution in [0.25, 0.3) is 0 Å². The average molecular weight is 329 g/mol. The molecule has 0 amide bonds. The van der Waals surface area contributed by atoms with E-state index in [1.807, 2.05) is 0 Å². The van der Waals surface area contributed by atoms with Crippen LogP contribution in [0, 0.1) is 0 Å². The number of hydrogen-bond donors (Lipinski definition) is 2. The van der Waals surface area contributed by atoms with E-state index in [1.165, 1.54) is 50.7 Å². The van der Waals surface area contributed by atoms with Crippen molar-refractivity contribution in [1.82, 2.24) is 0 Å². The van der Waals surface area contributed by atoms with Gasteiger partial charge in [0.05, 0.1) is 6.61 Å². The van der Waals surface area contributed by atoms with Gasteiger partial charge in [-0.25, -0.2) is 0 Å². The maximum absolute atomic E-state index is 11.3. The smallest absolute Gasteiger partial charge is 0.298 e. The Kier molecular flexibility index (Phi) is 8.27. The minimum atomic E-state index is -4.32. The topological polar surface area (TPSA) is 89.6 Å². The SMILES string of the molecule is CCCCCCCCCCOc1ccc(N)cc1S(=O)(=O)O. The molecule has 6 heteroatoms. The third kappa shape index (κ3) is 7.13. The molecule has 0 atom stereocenters. The van der Waals surface area contributed by atoms with Crippen LogP contribution in [0.3, 0.4) is 0 Å². The molecule has 1 aromatic carbocycles. The Bertz CT molecular complexity index is 543. The summed E-state index contributed by atoms with van der Waals surface area (Å²) in [5, 5.41) is 0. The Hall–Kier alpha value is -1.27. The van der Waals surface area contributed by atoms with Crippen LogP contribution < -0.4 is 10.5 Å². The summed E-state index contributed by atoms with van der Waals surface area (Å²) in [7, 11) is -4.32. The van der Waals surface area contributed by atoms with Gasteiger partial charge in [-0.05, 0) is 24.6 Å². The Labute approximate surface area is 133 Å². The summed E-state index contributed by atoms with van der Waals surface area (Å²) in [6.07, 6.45) is 9.46. The summed E-state index contributed by atoms with van der Waals surface area (Å²) in [6, 6.07) is 4.24. The molecule has 0 fully saturated rings. The predicted molar refractivity (Wildman–Crippen MR) is 88.8 cm³/mol. The summed E-state index contributed by atoms with van der Waals surface area (Å²) in [5.41, 5.74) is 5.81. The molecule has 1 aromatic rings. The molecule has 1 rings (SSSR count). The molecular formula is C16H27NO4S. The van der Waals surface area contributed by atoms with Crippen molar-refractivity contribution in [1.29, 1.82) is 0 Å². The number of nitrogens with two attached hydrogens (primary N) is 1. The average Bonchev–Trinajstić information content (AvgIpc) is 2.46. The summed E-state index contributed by atoms with van der Waals surface area (Å²) in [4.78, 5) is -0.271. The normalized spacial score (nSPS) is 11.5. The zero-order chi connectivity index (χ0) is 16.4. The van der Waals surface area contributed by atoms with Crippen LogP contribution >= 0.6 is 0 Å². The highest BCUT2D eigenvalue weighted by molar-refractivity contribution is 7.86. The van der Waals surface area contributed by atoms with Gasteiger partial charge in [0.25, 0.3) is 10.1 Å². The first kappa shape index (κ1) is 18.8. The zero-order valence-corrected chi connectivity index (χ0v) is 14.1. The number of rotatable bonds is 11. The highest BCUT2D eigenvalue weighted by Crippen LogP contribution is 2.26. The van der Waals surface area contributed by atoms with Gasteiger partial charge >= 0.3 is 0 Å². The Morgan fingerprint density at radius 3 is 2.23 bits per heavy atom. The highest BCUT2D eigenvalue weighted by atomic mass is 32.2. The van der Waals surface area contributed by atoms with E-state index in [-0.39, 0.29) is 16.3 Å². The van der Waals surface area contributed by atoms with Crippen molar-refractivity contribution >= 4 is 15.8 Å². The largest absolute Gasteiger partial charge is 0.492 e. The van der Waals surface area contributed by atoms with Gasteiger partial charge in [-0.3, -0.25) is 4.55 Å². The van der Waals surface area contributed by atoms with Crippen LogP contribution in [0.2, 0.25) is 0 Å². The molecule has 0 unspecified atom stereocenters. The molecule has 5 nitrogen and oxygen atoms in total. The van der Waals surface area contributed by atoms with Crippen LogP contribution in [-0.2, 0) is 10.1 Å². The van der Waals surface area contributed by atoms with Gasteiger partial charge in [-0.2, -0.15) is 8.42 Å². The number of nitrogen functional groups attached to an aromatic ring is 1. The number of benzene rings is 1. The minimum Gasteiger partial charge on any atom is -0.492 e. The summed E-state index contributed by atoms with van der Waals surface area (Å²) in [5.74, 6) is 0.152. The number of ether oxygens (including phenoxy) is 1. The number of hydrogen-bond acceptors (Lipinski definition) is 4. The Morgan fingerprint density at radius 1 is 1.05 bits per heavy atom. The molecule has 126 valence electrons. The van der Waals surface area contributed by atoms with E-state index in [4.69, 9.17) is 10.5 Å². The second-order valence-electron chi connectivity index (χ2n) is 5.50. The van der Waals surface area contributed by atoms with E-state index in [1.54, 1.807) is 6.07 Å². The fourth-order valence-electron chi connectivity index (χ4n) is 2.26. The van der Waals surface area contributed by atoms with Crippen LogP contribution in [0.15, 0.2) is 23.1 Å². The fraction of sp³-hybridized carbons (Fsp3) is 0.625. The first-order valence-electron chi connectivity index (χ1n) is 7.95. The lowest BCUT2D eigenvalue weighted by molar-refractivity contribution is 0.295. The number of anilines is 1. The van der Waals surface area contributed by atoms with Gasteiger partial charge in [0.2, 0.25) is 0 Å². The molecule has 0 saturated carbocycles. The fourth-order valence-corrected chi connectivity index (χ4v) is 2.93. The van der Waals surface area contributed by atoms with Crippen LogP contribution in [0.1, 0.15) is 58.3 Å². The third-order valence-corrected chi connectivity index (χ3v) is 4.38. The van der Waals surface area contributed by atoms with Gasteiger partial charge in [0, 0.05) is 5.69 Å². The molecular weight excluding hydrogens is 302 g/mol. The van der Waals surface area contributed by atoms with Crippen molar-refractivity contribution < 1.29 is 17.7 Å². The minimum absolute atomic E-state index is 0.152. The van der Waals surface area contributed by atoms with Crippen molar-refractivity contribution in [3.05, 3.63) is 18.2 Å². The van der Waals surface area contributed by atoms with Crippen molar-refractivity contribution in [3.8, 4) is 5.75 Å². The monoisotopic (exact) mass is 329 g/mol. The van der Waals surface area contributed by atoms with E-state index >= 15 is 0 Å². The van der Waals surface area contributed by atoms with Crippen LogP contribution in [0.4, 0.5) is 5.69 Å². The second kappa shape index (κ2) is 9.69. The molecule has 0 radical (unpaired) electrons. The van der Waals surface area contributed by atoms with Gasteiger partial charge in [-0.15, -0.1) is 0 Å². The molecule has 0 aliphatic heterocycles. The van der Waals surface area contributed by atoms with Gasteiger partial charge < -0.3 is 10.5 Å². The molecule has 3 N–H and O–H groups in total. The quantitative estimate of drug-likeness (QED) is 0.363. The lowest BCUT2D eigenvalue weighted by Crippen LogP contribution is -2.05. The van der Waals surface area contributed by atoms with Crippen molar-refractivity contribution in [2.45, 2.75) is 63.2 Å². The van der Waals surface area contributed by atoms with E-state index in [9.17, 15) is 13.0 Å². The number of unbranched alkanes of at least 4 members (excludes halogenated alkanes) is 7. The van der Waals surface area contributed by atoms with Gasteiger partial charge in [0.15, 0.2) is 0 Å². The maximum atomic E-state index is 11.3.